The van der Waals surface area contributed by atoms with E-state index in [0.29, 0.717) is 10.8 Å². The number of ether oxygens (including phenoxy) is 1. The molecule has 0 atom stereocenters. The van der Waals surface area contributed by atoms with Crippen LogP contribution in [-0.2, 0) is 0 Å². The Morgan fingerprint density at radius 2 is 1.76 bits per heavy atom. The minimum Gasteiger partial charge on any atom is -0.457 e. The Bertz CT molecular complexity index is 754. The van der Waals surface area contributed by atoms with Gasteiger partial charge in [-0.25, -0.2) is 4.39 Å². The first kappa shape index (κ1) is 14.6. The molecule has 0 spiro atoms. The van der Waals surface area contributed by atoms with Crippen LogP contribution in [0.3, 0.4) is 0 Å². The third-order valence-corrected chi connectivity index (χ3v) is 2.84. The zero-order valence-corrected chi connectivity index (χ0v) is 11.4. The summed E-state index contributed by atoms with van der Waals surface area (Å²) in [4.78, 5) is 0. The lowest BCUT2D eigenvalue weighted by molar-refractivity contribution is 0.475. The predicted molar refractivity (Wildman–Crippen MR) is 77.1 cm³/mol. The summed E-state index contributed by atoms with van der Waals surface area (Å²) in [6.45, 7) is 0. The van der Waals surface area contributed by atoms with E-state index in [1.54, 1.807) is 42.5 Å². The largest absolute Gasteiger partial charge is 0.457 e. The zero-order valence-electron chi connectivity index (χ0n) is 10.7. The van der Waals surface area contributed by atoms with Crippen molar-refractivity contribution in [3.8, 4) is 23.6 Å². The van der Waals surface area contributed by atoms with Crippen molar-refractivity contribution < 1.29 is 9.13 Å². The van der Waals surface area contributed by atoms with E-state index < -0.39 is 5.82 Å². The van der Waals surface area contributed by atoms with Gasteiger partial charge in [-0.3, -0.25) is 0 Å². The van der Waals surface area contributed by atoms with Crippen molar-refractivity contribution in [1.29, 1.82) is 10.5 Å². The van der Waals surface area contributed by atoms with Gasteiger partial charge in [0, 0.05) is 5.02 Å². The van der Waals surface area contributed by atoms with E-state index in [-0.39, 0.29) is 16.9 Å². The van der Waals surface area contributed by atoms with E-state index in [0.717, 1.165) is 6.08 Å². The van der Waals surface area contributed by atoms with Crippen LogP contribution in [0.2, 0.25) is 5.02 Å². The second-order valence-corrected chi connectivity index (χ2v) is 4.43. The van der Waals surface area contributed by atoms with Gasteiger partial charge in [-0.1, -0.05) is 17.7 Å². The van der Waals surface area contributed by atoms with Crippen LogP contribution in [0.4, 0.5) is 4.39 Å². The first-order chi connectivity index (χ1) is 10.1. The summed E-state index contributed by atoms with van der Waals surface area (Å²) in [6, 6.07) is 14.2. The van der Waals surface area contributed by atoms with Crippen LogP contribution in [0.15, 0.2) is 48.0 Å². The molecule has 0 unspecified atom stereocenters. The molecule has 0 fully saturated rings. The molecule has 0 saturated carbocycles. The quantitative estimate of drug-likeness (QED) is 0.772. The zero-order chi connectivity index (χ0) is 15.2. The van der Waals surface area contributed by atoms with E-state index in [2.05, 4.69) is 0 Å². The second-order valence-electron chi connectivity index (χ2n) is 3.99. The Morgan fingerprint density at radius 1 is 1.10 bits per heavy atom. The molecule has 0 saturated heterocycles. The molecule has 0 aliphatic rings. The van der Waals surface area contributed by atoms with Gasteiger partial charge in [0.25, 0.3) is 0 Å². The molecule has 0 heterocycles. The molecule has 5 heteroatoms. The first-order valence-electron chi connectivity index (χ1n) is 5.88. The molecule has 3 nitrogen and oxygen atoms in total. The number of hydrogen-bond donors (Lipinski definition) is 0. The van der Waals surface area contributed by atoms with Crippen molar-refractivity contribution in [1.82, 2.24) is 0 Å². The van der Waals surface area contributed by atoms with Crippen LogP contribution in [-0.4, -0.2) is 0 Å². The van der Waals surface area contributed by atoms with Gasteiger partial charge in [0.05, 0.1) is 5.56 Å². The minimum absolute atomic E-state index is 0.0468. The fourth-order valence-corrected chi connectivity index (χ4v) is 1.74. The number of halogens is 2. The SMILES string of the molecule is N#CC(C#N)=Cc1c(F)cccc1Oc1ccc(Cl)cc1. The Hall–Kier alpha value is -2.82. The van der Waals surface area contributed by atoms with E-state index in [4.69, 9.17) is 26.9 Å². The summed E-state index contributed by atoms with van der Waals surface area (Å²) in [7, 11) is 0. The van der Waals surface area contributed by atoms with Crippen molar-refractivity contribution >= 4 is 17.7 Å². The molecule has 102 valence electrons. The highest BCUT2D eigenvalue weighted by Crippen LogP contribution is 2.29. The van der Waals surface area contributed by atoms with Crippen LogP contribution >= 0.6 is 11.6 Å². The number of nitrogens with zero attached hydrogens (tertiary/aromatic N) is 2. The van der Waals surface area contributed by atoms with Gasteiger partial charge >= 0.3 is 0 Å². The van der Waals surface area contributed by atoms with Crippen molar-refractivity contribution in [2.45, 2.75) is 0 Å². The second kappa shape index (κ2) is 6.56. The highest BCUT2D eigenvalue weighted by molar-refractivity contribution is 6.30. The summed E-state index contributed by atoms with van der Waals surface area (Å²) in [6.07, 6.45) is 1.15. The predicted octanol–water partition coefficient (Wildman–Crippen LogP) is 4.70. The van der Waals surface area contributed by atoms with Gasteiger partial charge in [0.1, 0.15) is 35.0 Å². The Labute approximate surface area is 126 Å². The monoisotopic (exact) mass is 298 g/mol. The van der Waals surface area contributed by atoms with Crippen molar-refractivity contribution in [3.63, 3.8) is 0 Å². The highest BCUT2D eigenvalue weighted by Gasteiger charge is 2.10. The maximum Gasteiger partial charge on any atom is 0.137 e. The lowest BCUT2D eigenvalue weighted by Gasteiger charge is -2.09. The number of rotatable bonds is 3. The van der Waals surface area contributed by atoms with E-state index >= 15 is 0 Å². The number of nitriles is 2. The summed E-state index contributed by atoms with van der Waals surface area (Å²) >= 11 is 5.78. The summed E-state index contributed by atoms with van der Waals surface area (Å²) in [5.74, 6) is 0.0971. The van der Waals surface area contributed by atoms with Crippen molar-refractivity contribution in [2.75, 3.05) is 0 Å². The molecular formula is C16H8ClFN2O. The maximum atomic E-state index is 13.9. The third kappa shape index (κ3) is 3.60. The minimum atomic E-state index is -0.579. The molecule has 2 aromatic rings. The average Bonchev–Trinajstić information content (AvgIpc) is 2.49. The van der Waals surface area contributed by atoms with E-state index in [1.807, 2.05) is 0 Å². The molecule has 0 bridgehead atoms. The highest BCUT2D eigenvalue weighted by atomic mass is 35.5. The number of hydrogen-bond acceptors (Lipinski definition) is 3. The fraction of sp³-hybridized carbons (Fsp3) is 0. The molecule has 0 aliphatic heterocycles. The molecule has 0 radical (unpaired) electrons. The fourth-order valence-electron chi connectivity index (χ4n) is 1.61. The molecule has 0 amide bonds. The van der Waals surface area contributed by atoms with Gasteiger partial charge in [0.15, 0.2) is 0 Å². The average molecular weight is 299 g/mol. The summed E-state index contributed by atoms with van der Waals surface area (Å²) < 4.78 is 19.5. The normalized spacial score (nSPS) is 9.33. The molecule has 2 rings (SSSR count). The molecule has 0 aromatic heterocycles. The van der Waals surface area contributed by atoms with Crippen molar-refractivity contribution in [2.24, 2.45) is 0 Å². The molecular weight excluding hydrogens is 291 g/mol. The Kier molecular flexibility index (Phi) is 4.56. The van der Waals surface area contributed by atoms with Crippen LogP contribution < -0.4 is 4.74 Å². The van der Waals surface area contributed by atoms with Crippen LogP contribution in [0, 0.1) is 28.5 Å². The summed E-state index contributed by atoms with van der Waals surface area (Å²) in [5, 5.41) is 18.1. The first-order valence-corrected chi connectivity index (χ1v) is 6.25. The van der Waals surface area contributed by atoms with Gasteiger partial charge in [0.2, 0.25) is 0 Å². The molecule has 2 aromatic carbocycles. The maximum absolute atomic E-state index is 13.9. The third-order valence-electron chi connectivity index (χ3n) is 2.58. The van der Waals surface area contributed by atoms with Crippen molar-refractivity contribution in [3.05, 3.63) is 64.4 Å². The van der Waals surface area contributed by atoms with Gasteiger partial charge in [-0.15, -0.1) is 0 Å². The van der Waals surface area contributed by atoms with Crippen LogP contribution in [0.25, 0.3) is 6.08 Å². The molecule has 0 N–H and O–H groups in total. The lowest BCUT2D eigenvalue weighted by atomic mass is 10.1. The summed E-state index contributed by atoms with van der Waals surface area (Å²) in [5.41, 5.74) is -0.161. The van der Waals surface area contributed by atoms with Gasteiger partial charge in [-0.2, -0.15) is 10.5 Å². The van der Waals surface area contributed by atoms with Gasteiger partial charge in [-0.05, 0) is 42.5 Å². The Balaban J connectivity index is 2.43. The van der Waals surface area contributed by atoms with E-state index in [9.17, 15) is 4.39 Å². The number of allylic oxidation sites excluding steroid dienone is 1. The smallest absolute Gasteiger partial charge is 0.137 e. The van der Waals surface area contributed by atoms with E-state index in [1.165, 1.54) is 12.1 Å². The van der Waals surface area contributed by atoms with Gasteiger partial charge < -0.3 is 4.74 Å². The standard InChI is InChI=1S/C16H8ClFN2O/c17-12-4-6-13(7-5-12)21-16-3-1-2-15(18)14(16)8-11(9-19)10-20/h1-8H. The topological polar surface area (TPSA) is 56.8 Å². The van der Waals surface area contributed by atoms with Crippen LogP contribution in [0.1, 0.15) is 5.56 Å². The van der Waals surface area contributed by atoms with Crippen LogP contribution in [0.5, 0.6) is 11.5 Å². The molecule has 21 heavy (non-hydrogen) atoms. The Morgan fingerprint density at radius 3 is 2.38 bits per heavy atom. The number of benzene rings is 2. The lowest BCUT2D eigenvalue weighted by Crippen LogP contribution is -1.91. The molecule has 0 aliphatic carbocycles.